The lowest BCUT2D eigenvalue weighted by atomic mass is 9.98. The summed E-state index contributed by atoms with van der Waals surface area (Å²) in [4.78, 5) is 0. The zero-order valence-corrected chi connectivity index (χ0v) is 10.4. The highest BCUT2D eigenvalue weighted by molar-refractivity contribution is 5.94. The Morgan fingerprint density at radius 2 is 2.06 bits per heavy atom. The van der Waals surface area contributed by atoms with E-state index in [4.69, 9.17) is 15.9 Å². The molecule has 0 unspecified atom stereocenters. The van der Waals surface area contributed by atoms with Crippen molar-refractivity contribution in [3.05, 3.63) is 35.1 Å². The Morgan fingerprint density at radius 3 is 2.67 bits per heavy atom. The van der Waals surface area contributed by atoms with Gasteiger partial charge in [-0.15, -0.1) is 0 Å². The van der Waals surface area contributed by atoms with Crippen molar-refractivity contribution >= 4 is 5.84 Å². The second-order valence-corrected chi connectivity index (χ2v) is 4.79. The average Bonchev–Trinajstić information content (AvgIpc) is 2.38. The second-order valence-electron chi connectivity index (χ2n) is 4.79. The molecule has 0 spiro atoms. The summed E-state index contributed by atoms with van der Waals surface area (Å²) in [6, 6.07) is 4.60. The lowest BCUT2D eigenvalue weighted by molar-refractivity contribution is 0.0156. The molecule has 1 aliphatic rings. The van der Waals surface area contributed by atoms with Crippen molar-refractivity contribution in [1.29, 1.82) is 5.41 Å². The van der Waals surface area contributed by atoms with Crippen LogP contribution in [0.4, 0.5) is 4.39 Å². The van der Waals surface area contributed by atoms with Crippen LogP contribution in [0, 0.1) is 11.2 Å². The summed E-state index contributed by atoms with van der Waals surface area (Å²) >= 11 is 0. The predicted molar refractivity (Wildman–Crippen MR) is 69.1 cm³/mol. The van der Waals surface area contributed by atoms with Crippen molar-refractivity contribution < 1.29 is 9.13 Å². The third-order valence-electron chi connectivity index (χ3n) is 3.39. The Morgan fingerprint density at radius 1 is 1.33 bits per heavy atom. The van der Waals surface area contributed by atoms with Crippen LogP contribution in [0.3, 0.4) is 0 Å². The maximum Gasteiger partial charge on any atom is 0.129 e. The molecule has 0 aromatic heterocycles. The summed E-state index contributed by atoms with van der Waals surface area (Å²) in [5.41, 5.74) is 6.25. The van der Waals surface area contributed by atoms with E-state index in [-0.39, 0.29) is 17.8 Å². The fourth-order valence-electron chi connectivity index (χ4n) is 2.27. The number of rotatable bonds is 4. The zero-order chi connectivity index (χ0) is 13.0. The number of hydrogen-bond acceptors (Lipinski definition) is 2. The Kier molecular flexibility index (Phi) is 4.31. The second kappa shape index (κ2) is 5.96. The summed E-state index contributed by atoms with van der Waals surface area (Å²) in [6.45, 7) is 0.300. The van der Waals surface area contributed by atoms with E-state index in [1.807, 2.05) is 0 Å². The van der Waals surface area contributed by atoms with E-state index in [1.54, 1.807) is 12.1 Å². The highest BCUT2D eigenvalue weighted by Crippen LogP contribution is 2.22. The summed E-state index contributed by atoms with van der Waals surface area (Å²) < 4.78 is 19.5. The molecule has 1 aromatic rings. The molecule has 0 saturated heterocycles. The molecule has 0 radical (unpaired) electrons. The average molecular weight is 250 g/mol. The van der Waals surface area contributed by atoms with Crippen LogP contribution in [-0.4, -0.2) is 11.9 Å². The summed E-state index contributed by atoms with van der Waals surface area (Å²) in [5.74, 6) is -0.466. The van der Waals surface area contributed by atoms with Gasteiger partial charge in [0.2, 0.25) is 0 Å². The van der Waals surface area contributed by atoms with Gasteiger partial charge < -0.3 is 10.5 Å². The third kappa shape index (κ3) is 3.29. The third-order valence-corrected chi connectivity index (χ3v) is 3.39. The molecule has 0 atom stereocenters. The number of nitrogens with one attached hydrogen (secondary N) is 1. The highest BCUT2D eigenvalue weighted by Gasteiger charge is 2.14. The fourth-order valence-corrected chi connectivity index (χ4v) is 2.27. The number of amidine groups is 1. The van der Waals surface area contributed by atoms with Crippen molar-refractivity contribution in [3.63, 3.8) is 0 Å². The monoisotopic (exact) mass is 250 g/mol. The maximum absolute atomic E-state index is 13.7. The molecule has 18 heavy (non-hydrogen) atoms. The minimum atomic E-state index is -0.349. The maximum atomic E-state index is 13.7. The molecule has 2 rings (SSSR count). The van der Waals surface area contributed by atoms with E-state index in [1.165, 1.54) is 25.3 Å². The smallest absolute Gasteiger partial charge is 0.129 e. The van der Waals surface area contributed by atoms with Crippen LogP contribution in [0.1, 0.15) is 43.2 Å². The van der Waals surface area contributed by atoms with Crippen LogP contribution in [0.25, 0.3) is 0 Å². The lowest BCUT2D eigenvalue weighted by Crippen LogP contribution is -2.17. The number of nitrogen functional groups attached to an aromatic ring is 1. The summed E-state index contributed by atoms with van der Waals surface area (Å²) in [5, 5.41) is 7.24. The Bertz CT molecular complexity index is 428. The molecule has 1 aromatic carbocycles. The van der Waals surface area contributed by atoms with Crippen molar-refractivity contribution in [2.75, 3.05) is 0 Å². The number of nitrogens with two attached hydrogens (primary N) is 1. The molecule has 0 heterocycles. The van der Waals surface area contributed by atoms with Crippen molar-refractivity contribution in [2.24, 2.45) is 5.73 Å². The molecule has 3 nitrogen and oxygen atoms in total. The fraction of sp³-hybridized carbons (Fsp3) is 0.500. The molecular weight excluding hydrogens is 231 g/mol. The standard InChI is InChI=1S/C14H19FN2O/c15-13-8-10(14(16)17)6-7-11(13)9-18-12-4-2-1-3-5-12/h6-8,12H,1-5,9H2,(H3,16,17). The first-order valence-electron chi connectivity index (χ1n) is 6.41. The molecule has 0 amide bonds. The van der Waals surface area contributed by atoms with Gasteiger partial charge in [0.05, 0.1) is 12.7 Å². The van der Waals surface area contributed by atoms with Gasteiger partial charge in [-0.05, 0) is 18.9 Å². The van der Waals surface area contributed by atoms with E-state index >= 15 is 0 Å². The largest absolute Gasteiger partial charge is 0.384 e. The molecule has 1 fully saturated rings. The molecule has 0 bridgehead atoms. The summed E-state index contributed by atoms with van der Waals surface area (Å²) in [6.07, 6.45) is 6.11. The highest BCUT2D eigenvalue weighted by atomic mass is 19.1. The molecule has 3 N–H and O–H groups in total. The predicted octanol–water partition coefficient (Wildman–Crippen LogP) is 2.96. The Labute approximate surface area is 107 Å². The number of halogens is 1. The quantitative estimate of drug-likeness (QED) is 0.637. The van der Waals surface area contributed by atoms with Crippen LogP contribution in [-0.2, 0) is 11.3 Å². The van der Waals surface area contributed by atoms with E-state index in [9.17, 15) is 4.39 Å². The van der Waals surface area contributed by atoms with Crippen molar-refractivity contribution in [2.45, 2.75) is 44.8 Å². The normalized spacial score (nSPS) is 16.7. The number of ether oxygens (including phenoxy) is 1. The van der Waals surface area contributed by atoms with Gasteiger partial charge in [-0.1, -0.05) is 31.4 Å². The first-order valence-corrected chi connectivity index (χ1v) is 6.41. The molecule has 98 valence electrons. The topological polar surface area (TPSA) is 59.1 Å². The minimum absolute atomic E-state index is 0.117. The summed E-state index contributed by atoms with van der Waals surface area (Å²) in [7, 11) is 0. The first-order chi connectivity index (χ1) is 8.66. The van der Waals surface area contributed by atoms with Crippen LogP contribution >= 0.6 is 0 Å². The number of hydrogen-bond donors (Lipinski definition) is 2. The molecule has 4 heteroatoms. The van der Waals surface area contributed by atoms with Gasteiger partial charge in [0.1, 0.15) is 11.7 Å². The van der Waals surface area contributed by atoms with E-state index in [0.717, 1.165) is 12.8 Å². The van der Waals surface area contributed by atoms with Gasteiger partial charge in [-0.3, -0.25) is 5.41 Å². The van der Waals surface area contributed by atoms with Crippen LogP contribution in [0.2, 0.25) is 0 Å². The van der Waals surface area contributed by atoms with Crippen LogP contribution in [0.15, 0.2) is 18.2 Å². The molecule has 0 aliphatic heterocycles. The van der Waals surface area contributed by atoms with Gasteiger partial charge in [0, 0.05) is 11.1 Å². The Hall–Kier alpha value is -1.42. The van der Waals surface area contributed by atoms with E-state index < -0.39 is 0 Å². The lowest BCUT2D eigenvalue weighted by Gasteiger charge is -2.22. The van der Waals surface area contributed by atoms with Crippen molar-refractivity contribution in [1.82, 2.24) is 0 Å². The van der Waals surface area contributed by atoms with Gasteiger partial charge >= 0.3 is 0 Å². The van der Waals surface area contributed by atoms with Crippen LogP contribution in [0.5, 0.6) is 0 Å². The van der Waals surface area contributed by atoms with Gasteiger partial charge in [-0.2, -0.15) is 0 Å². The minimum Gasteiger partial charge on any atom is -0.384 e. The number of benzene rings is 1. The van der Waals surface area contributed by atoms with E-state index in [2.05, 4.69) is 0 Å². The van der Waals surface area contributed by atoms with Gasteiger partial charge in [-0.25, -0.2) is 4.39 Å². The Balaban J connectivity index is 1.94. The van der Waals surface area contributed by atoms with Crippen LogP contribution < -0.4 is 5.73 Å². The molecule has 1 aliphatic carbocycles. The van der Waals surface area contributed by atoms with Crippen molar-refractivity contribution in [3.8, 4) is 0 Å². The van der Waals surface area contributed by atoms with Gasteiger partial charge in [0.15, 0.2) is 0 Å². The first kappa shape index (κ1) is 13.0. The zero-order valence-electron chi connectivity index (χ0n) is 10.4. The van der Waals surface area contributed by atoms with Gasteiger partial charge in [0.25, 0.3) is 0 Å². The SMILES string of the molecule is N=C(N)c1ccc(COC2CCCCC2)c(F)c1. The molecule has 1 saturated carbocycles. The van der Waals surface area contributed by atoms with E-state index in [0.29, 0.717) is 17.7 Å². The molecular formula is C14H19FN2O.